The van der Waals surface area contributed by atoms with Gasteiger partial charge in [0.2, 0.25) is 11.8 Å². The van der Waals surface area contributed by atoms with Gasteiger partial charge in [-0.15, -0.1) is 0 Å². The van der Waals surface area contributed by atoms with Gasteiger partial charge in [-0.05, 0) is 68.7 Å². The molecule has 1 aromatic heterocycles. The van der Waals surface area contributed by atoms with Crippen molar-refractivity contribution in [1.82, 2.24) is 9.78 Å². The molecule has 3 aromatic rings. The fourth-order valence-electron chi connectivity index (χ4n) is 3.42. The Morgan fingerprint density at radius 3 is 2.31 bits per heavy atom. The molecule has 2 aromatic carbocycles. The van der Waals surface area contributed by atoms with E-state index in [9.17, 15) is 14.4 Å². The van der Waals surface area contributed by atoms with Crippen LogP contribution < -0.4 is 16.2 Å². The van der Waals surface area contributed by atoms with E-state index in [-0.39, 0.29) is 17.4 Å². The molecule has 2 amide bonds. The third-order valence-electron chi connectivity index (χ3n) is 5.19. The number of amides is 2. The fraction of sp³-hybridized carbons (Fsp3) is 0.280. The van der Waals surface area contributed by atoms with Gasteiger partial charge in [-0.3, -0.25) is 14.4 Å². The number of aromatic nitrogens is 2. The number of anilines is 2. The van der Waals surface area contributed by atoms with Crippen LogP contribution in [0.1, 0.15) is 43.0 Å². The molecule has 0 radical (unpaired) electrons. The molecule has 0 unspecified atom stereocenters. The summed E-state index contributed by atoms with van der Waals surface area (Å²) in [5.74, 6) is -0.415. The summed E-state index contributed by atoms with van der Waals surface area (Å²) in [5, 5.41) is 10.2. The van der Waals surface area contributed by atoms with Crippen LogP contribution in [0.25, 0.3) is 11.3 Å². The Morgan fingerprint density at radius 1 is 0.969 bits per heavy atom. The Balaban J connectivity index is 1.90. The number of carbonyl (C=O) groups excluding carboxylic acids is 2. The summed E-state index contributed by atoms with van der Waals surface area (Å²) in [6.45, 7) is 9.25. The highest BCUT2D eigenvalue weighted by atomic mass is 16.2. The molecular formula is C25H28N4O3. The average molecular weight is 433 g/mol. The maximum Gasteiger partial charge on any atom is 0.267 e. The maximum atomic E-state index is 12.8. The molecule has 3 rings (SSSR count). The van der Waals surface area contributed by atoms with E-state index in [1.165, 1.54) is 10.7 Å². The normalized spacial score (nSPS) is 11.7. The van der Waals surface area contributed by atoms with Crippen molar-refractivity contribution in [3.05, 3.63) is 75.6 Å². The molecule has 0 saturated heterocycles. The van der Waals surface area contributed by atoms with Gasteiger partial charge in [0.25, 0.3) is 5.56 Å². The first-order valence-electron chi connectivity index (χ1n) is 10.6. The van der Waals surface area contributed by atoms with E-state index in [0.717, 1.165) is 22.3 Å². The van der Waals surface area contributed by atoms with Crippen LogP contribution in [-0.2, 0) is 9.59 Å². The maximum absolute atomic E-state index is 12.8. The van der Waals surface area contributed by atoms with Gasteiger partial charge in [0.15, 0.2) is 0 Å². The van der Waals surface area contributed by atoms with E-state index >= 15 is 0 Å². The van der Waals surface area contributed by atoms with Crippen molar-refractivity contribution >= 4 is 23.2 Å². The summed E-state index contributed by atoms with van der Waals surface area (Å²) >= 11 is 0. The molecule has 0 aliphatic heterocycles. The number of hydrogen-bond acceptors (Lipinski definition) is 4. The minimum atomic E-state index is -0.812. The predicted molar refractivity (Wildman–Crippen MR) is 127 cm³/mol. The van der Waals surface area contributed by atoms with Crippen LogP contribution in [0, 0.1) is 20.8 Å². The first kappa shape index (κ1) is 22.9. The Bertz CT molecular complexity index is 1210. The lowest BCUT2D eigenvalue weighted by Gasteiger charge is -2.16. The van der Waals surface area contributed by atoms with Gasteiger partial charge >= 0.3 is 0 Å². The standard InChI is InChI=1S/C25H28N4O3/c1-6-23(30)27-22-14-19(8-7-17(22)4)21-9-10-24(31)29(28-21)18(5)25(32)26-20-12-15(2)11-16(3)13-20/h7-14,18H,6H2,1-5H3,(H,26,32)(H,27,30)/t18-/m0/s1. The Hall–Kier alpha value is -3.74. The van der Waals surface area contributed by atoms with Crippen LogP contribution in [0.15, 0.2) is 53.3 Å². The quantitative estimate of drug-likeness (QED) is 0.604. The second-order valence-corrected chi connectivity index (χ2v) is 7.97. The number of aryl methyl sites for hydroxylation is 3. The van der Waals surface area contributed by atoms with Gasteiger partial charge in [0.1, 0.15) is 6.04 Å². The Morgan fingerprint density at radius 2 is 1.66 bits per heavy atom. The van der Waals surface area contributed by atoms with E-state index in [1.54, 1.807) is 19.9 Å². The molecule has 0 bridgehead atoms. The van der Waals surface area contributed by atoms with Crippen LogP contribution in [0.2, 0.25) is 0 Å². The summed E-state index contributed by atoms with van der Waals surface area (Å²) < 4.78 is 1.18. The van der Waals surface area contributed by atoms with Crippen molar-refractivity contribution in [1.29, 1.82) is 0 Å². The summed E-state index contributed by atoms with van der Waals surface area (Å²) in [7, 11) is 0. The Kier molecular flexibility index (Phi) is 6.88. The zero-order valence-corrected chi connectivity index (χ0v) is 19.0. The molecular weight excluding hydrogens is 404 g/mol. The van der Waals surface area contributed by atoms with E-state index in [4.69, 9.17) is 0 Å². The SMILES string of the molecule is CCC(=O)Nc1cc(-c2ccc(=O)n([C@@H](C)C(=O)Nc3cc(C)cc(C)c3)n2)ccc1C. The summed E-state index contributed by atoms with van der Waals surface area (Å²) in [5.41, 5.74) is 5.26. The van der Waals surface area contributed by atoms with E-state index in [0.29, 0.717) is 23.5 Å². The van der Waals surface area contributed by atoms with Crippen LogP contribution in [0.4, 0.5) is 11.4 Å². The molecule has 0 fully saturated rings. The molecule has 7 nitrogen and oxygen atoms in total. The Labute approximate surface area is 187 Å². The highest BCUT2D eigenvalue weighted by Gasteiger charge is 2.19. The molecule has 0 saturated carbocycles. The first-order chi connectivity index (χ1) is 15.2. The lowest BCUT2D eigenvalue weighted by molar-refractivity contribution is -0.119. The van der Waals surface area contributed by atoms with Gasteiger partial charge < -0.3 is 10.6 Å². The van der Waals surface area contributed by atoms with Gasteiger partial charge in [-0.2, -0.15) is 5.10 Å². The van der Waals surface area contributed by atoms with Crippen LogP contribution in [-0.4, -0.2) is 21.6 Å². The van der Waals surface area contributed by atoms with Crippen LogP contribution in [0.3, 0.4) is 0 Å². The number of carbonyl (C=O) groups is 2. The third kappa shape index (κ3) is 5.29. The number of benzene rings is 2. The monoisotopic (exact) mass is 432 g/mol. The van der Waals surface area contributed by atoms with Crippen molar-refractivity contribution in [2.24, 2.45) is 0 Å². The third-order valence-corrected chi connectivity index (χ3v) is 5.19. The summed E-state index contributed by atoms with van der Waals surface area (Å²) in [4.78, 5) is 37.1. The van der Waals surface area contributed by atoms with Crippen molar-refractivity contribution in [2.45, 2.75) is 47.1 Å². The molecule has 7 heteroatoms. The molecule has 2 N–H and O–H groups in total. The molecule has 32 heavy (non-hydrogen) atoms. The zero-order chi connectivity index (χ0) is 23.4. The van der Waals surface area contributed by atoms with E-state index < -0.39 is 6.04 Å². The smallest absolute Gasteiger partial charge is 0.267 e. The largest absolute Gasteiger partial charge is 0.326 e. The second kappa shape index (κ2) is 9.60. The van der Waals surface area contributed by atoms with Gasteiger partial charge in [0, 0.05) is 29.4 Å². The van der Waals surface area contributed by atoms with Gasteiger partial charge in [-0.25, -0.2) is 4.68 Å². The zero-order valence-electron chi connectivity index (χ0n) is 19.0. The minimum Gasteiger partial charge on any atom is -0.326 e. The molecule has 0 spiro atoms. The first-order valence-corrected chi connectivity index (χ1v) is 10.6. The highest BCUT2D eigenvalue weighted by Crippen LogP contribution is 2.24. The second-order valence-electron chi connectivity index (χ2n) is 7.97. The lowest BCUT2D eigenvalue weighted by atomic mass is 10.1. The summed E-state index contributed by atoms with van der Waals surface area (Å²) in [6.07, 6.45) is 0.375. The van der Waals surface area contributed by atoms with Crippen molar-refractivity contribution in [3.63, 3.8) is 0 Å². The van der Waals surface area contributed by atoms with E-state index in [1.807, 2.05) is 57.2 Å². The average Bonchev–Trinajstić information content (AvgIpc) is 2.74. The lowest BCUT2D eigenvalue weighted by Crippen LogP contribution is -2.33. The number of rotatable bonds is 6. The molecule has 0 aliphatic carbocycles. The van der Waals surface area contributed by atoms with Crippen molar-refractivity contribution < 1.29 is 9.59 Å². The number of hydrogen-bond donors (Lipinski definition) is 2. The van der Waals surface area contributed by atoms with Crippen molar-refractivity contribution in [2.75, 3.05) is 10.6 Å². The van der Waals surface area contributed by atoms with Crippen LogP contribution in [0.5, 0.6) is 0 Å². The molecule has 0 aliphatic rings. The minimum absolute atomic E-state index is 0.0835. The van der Waals surface area contributed by atoms with E-state index in [2.05, 4.69) is 15.7 Å². The molecule has 1 atom stereocenters. The highest BCUT2D eigenvalue weighted by molar-refractivity contribution is 5.93. The fourth-order valence-corrected chi connectivity index (χ4v) is 3.42. The van der Waals surface area contributed by atoms with Gasteiger partial charge in [0.05, 0.1) is 5.69 Å². The van der Waals surface area contributed by atoms with Crippen molar-refractivity contribution in [3.8, 4) is 11.3 Å². The van der Waals surface area contributed by atoms with Gasteiger partial charge in [-0.1, -0.05) is 25.1 Å². The summed E-state index contributed by atoms with van der Waals surface area (Å²) in [6, 6.07) is 13.5. The van der Waals surface area contributed by atoms with Crippen LogP contribution >= 0.6 is 0 Å². The molecule has 1 heterocycles. The number of nitrogens with zero attached hydrogens (tertiary/aromatic N) is 2. The number of nitrogens with one attached hydrogen (secondary N) is 2. The molecule has 166 valence electrons. The predicted octanol–water partition coefficient (Wildman–Crippen LogP) is 4.38. The topological polar surface area (TPSA) is 93.1 Å².